The summed E-state index contributed by atoms with van der Waals surface area (Å²) in [6, 6.07) is -0.348. The molecule has 3 nitrogen and oxygen atoms in total. The van der Waals surface area contributed by atoms with E-state index in [1.54, 1.807) is 11.9 Å². The van der Waals surface area contributed by atoms with Crippen molar-refractivity contribution in [1.29, 1.82) is 0 Å². The second-order valence-corrected chi connectivity index (χ2v) is 3.90. The quantitative estimate of drug-likeness (QED) is 0.658. The first-order valence-electron chi connectivity index (χ1n) is 5.14. The molecule has 14 heavy (non-hydrogen) atoms. The number of amides is 1. The zero-order valence-corrected chi connectivity index (χ0v) is 9.55. The van der Waals surface area contributed by atoms with Gasteiger partial charge in [-0.2, -0.15) is 0 Å². The standard InChI is InChI=1S/C11H22N2O/c1-5-6-7-10(12)11(14)13(4)8-9(2)3/h10H,2,5-8,12H2,1,3-4H3. The molecule has 0 bridgehead atoms. The molecule has 0 saturated heterocycles. The molecule has 3 heteroatoms. The van der Waals surface area contributed by atoms with E-state index in [1.807, 2.05) is 6.92 Å². The average Bonchev–Trinajstić information content (AvgIpc) is 2.11. The molecule has 0 aliphatic carbocycles. The fourth-order valence-electron chi connectivity index (χ4n) is 1.31. The van der Waals surface area contributed by atoms with E-state index < -0.39 is 0 Å². The van der Waals surface area contributed by atoms with Gasteiger partial charge in [-0.25, -0.2) is 0 Å². The second kappa shape index (κ2) is 6.60. The van der Waals surface area contributed by atoms with Crippen LogP contribution in [-0.4, -0.2) is 30.4 Å². The molecule has 0 radical (unpaired) electrons. The molecule has 1 unspecified atom stereocenters. The van der Waals surface area contributed by atoms with E-state index in [0.29, 0.717) is 6.54 Å². The van der Waals surface area contributed by atoms with Gasteiger partial charge in [-0.15, -0.1) is 0 Å². The molecule has 0 aliphatic rings. The Labute approximate surface area is 87.0 Å². The van der Waals surface area contributed by atoms with Gasteiger partial charge in [0.1, 0.15) is 0 Å². The molecule has 0 spiro atoms. The lowest BCUT2D eigenvalue weighted by Gasteiger charge is -2.21. The first-order chi connectivity index (χ1) is 6.49. The minimum atomic E-state index is -0.348. The van der Waals surface area contributed by atoms with Crippen LogP contribution in [0.1, 0.15) is 33.1 Å². The smallest absolute Gasteiger partial charge is 0.239 e. The SMILES string of the molecule is C=C(C)CN(C)C(=O)C(N)CCCC. The molecule has 0 fully saturated rings. The van der Waals surface area contributed by atoms with Gasteiger partial charge in [0.05, 0.1) is 6.04 Å². The third-order valence-corrected chi connectivity index (χ3v) is 2.07. The molecular formula is C11H22N2O. The first-order valence-corrected chi connectivity index (χ1v) is 5.14. The third kappa shape index (κ3) is 5.02. The summed E-state index contributed by atoms with van der Waals surface area (Å²) in [7, 11) is 1.77. The van der Waals surface area contributed by atoms with Crippen molar-refractivity contribution in [3.8, 4) is 0 Å². The van der Waals surface area contributed by atoms with Gasteiger partial charge in [0.15, 0.2) is 0 Å². The predicted molar refractivity (Wildman–Crippen MR) is 60.0 cm³/mol. The molecule has 82 valence electrons. The Morgan fingerprint density at radius 1 is 1.57 bits per heavy atom. The molecular weight excluding hydrogens is 176 g/mol. The molecule has 0 rings (SSSR count). The van der Waals surface area contributed by atoms with Crippen molar-refractivity contribution in [2.24, 2.45) is 5.73 Å². The number of nitrogens with zero attached hydrogens (tertiary/aromatic N) is 1. The number of hydrogen-bond acceptors (Lipinski definition) is 2. The highest BCUT2D eigenvalue weighted by Crippen LogP contribution is 2.02. The Morgan fingerprint density at radius 2 is 2.14 bits per heavy atom. The van der Waals surface area contributed by atoms with Gasteiger partial charge in [-0.3, -0.25) is 4.79 Å². The molecule has 1 atom stereocenters. The summed E-state index contributed by atoms with van der Waals surface area (Å²) < 4.78 is 0. The van der Waals surface area contributed by atoms with Crippen LogP contribution >= 0.6 is 0 Å². The Balaban J connectivity index is 3.97. The molecule has 0 aromatic carbocycles. The lowest BCUT2D eigenvalue weighted by Crippen LogP contribution is -2.42. The van der Waals surface area contributed by atoms with E-state index in [-0.39, 0.29) is 11.9 Å². The van der Waals surface area contributed by atoms with E-state index >= 15 is 0 Å². The summed E-state index contributed by atoms with van der Waals surface area (Å²) in [6.07, 6.45) is 2.86. The van der Waals surface area contributed by atoms with Crippen LogP contribution in [0.4, 0.5) is 0 Å². The van der Waals surface area contributed by atoms with E-state index in [1.165, 1.54) is 0 Å². The van der Waals surface area contributed by atoms with Crippen molar-refractivity contribution >= 4 is 5.91 Å². The number of hydrogen-bond donors (Lipinski definition) is 1. The minimum absolute atomic E-state index is 0.0152. The molecule has 1 amide bonds. The molecule has 0 saturated carbocycles. The van der Waals surface area contributed by atoms with Crippen LogP contribution in [0, 0.1) is 0 Å². The van der Waals surface area contributed by atoms with E-state index in [2.05, 4.69) is 13.5 Å². The Kier molecular flexibility index (Phi) is 6.21. The summed E-state index contributed by atoms with van der Waals surface area (Å²) in [5.74, 6) is 0.0152. The summed E-state index contributed by atoms with van der Waals surface area (Å²) in [5, 5.41) is 0. The maximum atomic E-state index is 11.6. The van der Waals surface area contributed by atoms with Crippen LogP contribution < -0.4 is 5.73 Å². The summed E-state index contributed by atoms with van der Waals surface area (Å²) in [5.41, 5.74) is 6.73. The van der Waals surface area contributed by atoms with Crippen molar-refractivity contribution in [2.75, 3.05) is 13.6 Å². The maximum Gasteiger partial charge on any atom is 0.239 e. The van der Waals surface area contributed by atoms with Gasteiger partial charge in [-0.05, 0) is 13.3 Å². The van der Waals surface area contributed by atoms with Gasteiger partial charge in [0.2, 0.25) is 5.91 Å². The highest BCUT2D eigenvalue weighted by Gasteiger charge is 2.16. The van der Waals surface area contributed by atoms with Crippen molar-refractivity contribution in [2.45, 2.75) is 39.2 Å². The van der Waals surface area contributed by atoms with Crippen LogP contribution in [0.15, 0.2) is 12.2 Å². The van der Waals surface area contributed by atoms with Crippen molar-refractivity contribution < 1.29 is 4.79 Å². The van der Waals surface area contributed by atoms with Gasteiger partial charge >= 0.3 is 0 Å². The van der Waals surface area contributed by atoms with Crippen molar-refractivity contribution in [1.82, 2.24) is 4.90 Å². The second-order valence-electron chi connectivity index (χ2n) is 3.90. The van der Waals surface area contributed by atoms with E-state index in [4.69, 9.17) is 5.73 Å². The highest BCUT2D eigenvalue weighted by atomic mass is 16.2. The molecule has 0 aromatic heterocycles. The van der Waals surface area contributed by atoms with Crippen LogP contribution in [0.25, 0.3) is 0 Å². The van der Waals surface area contributed by atoms with Crippen LogP contribution in [0.3, 0.4) is 0 Å². The topological polar surface area (TPSA) is 46.3 Å². The molecule has 0 aliphatic heterocycles. The zero-order valence-electron chi connectivity index (χ0n) is 9.55. The van der Waals surface area contributed by atoms with Gasteiger partial charge < -0.3 is 10.6 Å². The first kappa shape index (κ1) is 13.2. The summed E-state index contributed by atoms with van der Waals surface area (Å²) >= 11 is 0. The number of likely N-dealkylation sites (N-methyl/N-ethyl adjacent to an activating group) is 1. The Bertz CT molecular complexity index is 201. The fourth-order valence-corrected chi connectivity index (χ4v) is 1.31. The minimum Gasteiger partial charge on any atom is -0.340 e. The summed E-state index contributed by atoms with van der Waals surface area (Å²) in [4.78, 5) is 13.3. The van der Waals surface area contributed by atoms with Crippen LogP contribution in [-0.2, 0) is 4.79 Å². The number of rotatable bonds is 6. The number of nitrogens with two attached hydrogens (primary N) is 1. The van der Waals surface area contributed by atoms with E-state index in [0.717, 1.165) is 24.8 Å². The van der Waals surface area contributed by atoms with E-state index in [9.17, 15) is 4.79 Å². The maximum absolute atomic E-state index is 11.6. The lowest BCUT2D eigenvalue weighted by molar-refractivity contribution is -0.131. The molecule has 2 N–H and O–H groups in total. The largest absolute Gasteiger partial charge is 0.340 e. The van der Waals surface area contributed by atoms with Gasteiger partial charge in [0.25, 0.3) is 0 Å². The number of unbranched alkanes of at least 4 members (excludes halogenated alkanes) is 1. The Hall–Kier alpha value is -0.830. The normalized spacial score (nSPS) is 12.3. The number of carbonyl (C=O) groups is 1. The van der Waals surface area contributed by atoms with Crippen molar-refractivity contribution in [3.63, 3.8) is 0 Å². The molecule has 0 heterocycles. The summed E-state index contributed by atoms with van der Waals surface area (Å²) in [6.45, 7) is 8.36. The monoisotopic (exact) mass is 198 g/mol. The molecule has 0 aromatic rings. The van der Waals surface area contributed by atoms with Crippen LogP contribution in [0.2, 0.25) is 0 Å². The Morgan fingerprint density at radius 3 is 2.57 bits per heavy atom. The zero-order chi connectivity index (χ0) is 11.1. The average molecular weight is 198 g/mol. The predicted octanol–water partition coefficient (Wildman–Crippen LogP) is 1.54. The fraction of sp³-hybridized carbons (Fsp3) is 0.727. The third-order valence-electron chi connectivity index (χ3n) is 2.07. The van der Waals surface area contributed by atoms with Crippen LogP contribution in [0.5, 0.6) is 0 Å². The lowest BCUT2D eigenvalue weighted by atomic mass is 10.1. The van der Waals surface area contributed by atoms with Crippen molar-refractivity contribution in [3.05, 3.63) is 12.2 Å². The van der Waals surface area contributed by atoms with Gasteiger partial charge in [-0.1, -0.05) is 31.9 Å². The number of carbonyl (C=O) groups excluding carboxylic acids is 1. The highest BCUT2D eigenvalue weighted by molar-refractivity contribution is 5.81. The van der Waals surface area contributed by atoms with Gasteiger partial charge in [0, 0.05) is 13.6 Å².